The van der Waals surface area contributed by atoms with Crippen LogP contribution < -0.4 is 0 Å². The van der Waals surface area contributed by atoms with Crippen LogP contribution in [-0.2, 0) is 16.0 Å². The van der Waals surface area contributed by atoms with Crippen LogP contribution in [0.2, 0.25) is 0 Å². The summed E-state index contributed by atoms with van der Waals surface area (Å²) in [5.74, 6) is -1.94. The molecule has 8 heteroatoms. The van der Waals surface area contributed by atoms with Gasteiger partial charge in [0.05, 0.1) is 0 Å². The average molecular weight is 393 g/mol. The van der Waals surface area contributed by atoms with E-state index in [-0.39, 0.29) is 32.1 Å². The van der Waals surface area contributed by atoms with E-state index in [2.05, 4.69) is 15.9 Å². The van der Waals surface area contributed by atoms with Gasteiger partial charge in [0, 0.05) is 37.1 Å². The minimum Gasteiger partial charge on any atom is -0.339 e. The van der Waals surface area contributed by atoms with Crippen molar-refractivity contribution in [3.8, 4) is 0 Å². The summed E-state index contributed by atoms with van der Waals surface area (Å²) in [6, 6.07) is 7.61. The Morgan fingerprint density at radius 3 is 2.26 bits per heavy atom. The summed E-state index contributed by atoms with van der Waals surface area (Å²) < 4.78 is 38.0. The maximum absolute atomic E-state index is 12.4. The number of hydrogen-bond donors (Lipinski definition) is 0. The van der Waals surface area contributed by atoms with E-state index in [9.17, 15) is 22.8 Å². The summed E-state index contributed by atoms with van der Waals surface area (Å²) in [4.78, 5) is 25.5. The van der Waals surface area contributed by atoms with Gasteiger partial charge in [-0.05, 0) is 24.1 Å². The van der Waals surface area contributed by atoms with E-state index in [0.29, 0.717) is 12.8 Å². The van der Waals surface area contributed by atoms with Crippen LogP contribution >= 0.6 is 15.9 Å². The lowest BCUT2D eigenvalue weighted by atomic mass is 10.1. The molecule has 1 aromatic rings. The largest absolute Gasteiger partial charge is 0.471 e. The standard InChI is InChI=1S/C15H16BrF3N2O2/c16-12-3-1-2-11(10-12)4-5-13(22)20-6-8-21(9-7-20)14(23)15(17,18)19/h1-3,10H,4-9H2. The lowest BCUT2D eigenvalue weighted by Gasteiger charge is -2.35. The molecule has 0 aliphatic carbocycles. The molecule has 0 unspecified atom stereocenters. The van der Waals surface area contributed by atoms with E-state index in [1.54, 1.807) is 0 Å². The molecule has 1 fully saturated rings. The van der Waals surface area contributed by atoms with Gasteiger partial charge in [-0.2, -0.15) is 13.2 Å². The molecule has 0 aromatic heterocycles. The summed E-state index contributed by atoms with van der Waals surface area (Å²) in [6.07, 6.45) is -3.99. The normalized spacial score (nSPS) is 15.7. The van der Waals surface area contributed by atoms with Crippen molar-refractivity contribution in [3.63, 3.8) is 0 Å². The van der Waals surface area contributed by atoms with E-state index in [1.165, 1.54) is 4.90 Å². The Balaban J connectivity index is 1.81. The zero-order valence-electron chi connectivity index (χ0n) is 12.3. The van der Waals surface area contributed by atoms with Gasteiger partial charge in [-0.1, -0.05) is 28.1 Å². The highest BCUT2D eigenvalue weighted by molar-refractivity contribution is 9.10. The molecular formula is C15H16BrF3N2O2. The Labute approximate surface area is 140 Å². The minimum atomic E-state index is -4.85. The molecule has 1 saturated heterocycles. The molecule has 1 heterocycles. The maximum Gasteiger partial charge on any atom is 0.471 e. The summed E-state index contributed by atoms with van der Waals surface area (Å²) in [5.41, 5.74) is 1.01. The molecule has 2 amide bonds. The number of benzene rings is 1. The predicted octanol–water partition coefficient (Wildman–Crippen LogP) is 2.61. The highest BCUT2D eigenvalue weighted by Gasteiger charge is 2.43. The third kappa shape index (κ3) is 4.95. The topological polar surface area (TPSA) is 40.6 Å². The highest BCUT2D eigenvalue weighted by Crippen LogP contribution is 2.20. The van der Waals surface area contributed by atoms with E-state index < -0.39 is 12.1 Å². The van der Waals surface area contributed by atoms with Crippen molar-refractivity contribution < 1.29 is 22.8 Å². The van der Waals surface area contributed by atoms with Crippen molar-refractivity contribution in [1.29, 1.82) is 0 Å². The zero-order chi connectivity index (χ0) is 17.0. The van der Waals surface area contributed by atoms with Crippen LogP contribution in [0.3, 0.4) is 0 Å². The maximum atomic E-state index is 12.4. The molecular weight excluding hydrogens is 377 g/mol. The van der Waals surface area contributed by atoms with Crippen molar-refractivity contribution in [2.24, 2.45) is 0 Å². The van der Waals surface area contributed by atoms with E-state index in [1.807, 2.05) is 24.3 Å². The number of nitrogens with zero attached hydrogens (tertiary/aromatic N) is 2. The van der Waals surface area contributed by atoms with Gasteiger partial charge in [0.1, 0.15) is 0 Å². The summed E-state index contributed by atoms with van der Waals surface area (Å²) in [5, 5.41) is 0. The fourth-order valence-corrected chi connectivity index (χ4v) is 2.89. The predicted molar refractivity (Wildman–Crippen MR) is 81.7 cm³/mol. The van der Waals surface area contributed by atoms with E-state index >= 15 is 0 Å². The van der Waals surface area contributed by atoms with E-state index in [0.717, 1.165) is 14.9 Å². The van der Waals surface area contributed by atoms with Gasteiger partial charge in [-0.3, -0.25) is 9.59 Å². The molecule has 1 aromatic carbocycles. The fraction of sp³-hybridized carbons (Fsp3) is 0.467. The third-order valence-electron chi connectivity index (χ3n) is 3.68. The Morgan fingerprint density at radius 1 is 1.09 bits per heavy atom. The summed E-state index contributed by atoms with van der Waals surface area (Å²) in [7, 11) is 0. The lowest BCUT2D eigenvalue weighted by molar-refractivity contribution is -0.187. The van der Waals surface area contributed by atoms with Crippen LogP contribution in [0.15, 0.2) is 28.7 Å². The number of aryl methyl sites for hydroxylation is 1. The molecule has 1 aliphatic heterocycles. The van der Waals surface area contributed by atoms with Crippen molar-refractivity contribution in [1.82, 2.24) is 9.80 Å². The zero-order valence-corrected chi connectivity index (χ0v) is 13.9. The molecule has 126 valence electrons. The SMILES string of the molecule is O=C(CCc1cccc(Br)c1)N1CCN(C(=O)C(F)(F)F)CC1. The van der Waals surface area contributed by atoms with Crippen LogP contribution in [0.1, 0.15) is 12.0 Å². The number of alkyl halides is 3. The first-order valence-electron chi connectivity index (χ1n) is 7.15. The third-order valence-corrected chi connectivity index (χ3v) is 4.17. The van der Waals surface area contributed by atoms with Gasteiger partial charge in [-0.15, -0.1) is 0 Å². The van der Waals surface area contributed by atoms with Crippen molar-refractivity contribution in [3.05, 3.63) is 34.3 Å². The Morgan fingerprint density at radius 2 is 1.70 bits per heavy atom. The number of carbonyl (C=O) groups is 2. The number of halogens is 4. The summed E-state index contributed by atoms with van der Waals surface area (Å²) in [6.45, 7) is 0.111. The Bertz CT molecular complexity index is 584. The quantitative estimate of drug-likeness (QED) is 0.793. The smallest absolute Gasteiger partial charge is 0.339 e. The lowest BCUT2D eigenvalue weighted by Crippen LogP contribution is -2.53. The van der Waals surface area contributed by atoms with Crippen LogP contribution in [-0.4, -0.2) is 54.0 Å². The second kappa shape index (κ2) is 7.33. The van der Waals surface area contributed by atoms with E-state index in [4.69, 9.17) is 0 Å². The number of rotatable bonds is 3. The number of hydrogen-bond acceptors (Lipinski definition) is 2. The average Bonchev–Trinajstić information content (AvgIpc) is 2.51. The van der Waals surface area contributed by atoms with Crippen LogP contribution in [0.25, 0.3) is 0 Å². The van der Waals surface area contributed by atoms with Gasteiger partial charge in [0.2, 0.25) is 5.91 Å². The molecule has 0 N–H and O–H groups in total. The van der Waals surface area contributed by atoms with Gasteiger partial charge >= 0.3 is 12.1 Å². The number of carbonyl (C=O) groups excluding carboxylic acids is 2. The Hall–Kier alpha value is -1.57. The van der Waals surface area contributed by atoms with Crippen molar-refractivity contribution >= 4 is 27.7 Å². The molecule has 23 heavy (non-hydrogen) atoms. The van der Waals surface area contributed by atoms with Crippen LogP contribution in [0.4, 0.5) is 13.2 Å². The van der Waals surface area contributed by atoms with Crippen molar-refractivity contribution in [2.45, 2.75) is 19.0 Å². The van der Waals surface area contributed by atoms with Gasteiger partial charge in [-0.25, -0.2) is 0 Å². The molecule has 2 rings (SSSR count). The molecule has 0 bridgehead atoms. The highest BCUT2D eigenvalue weighted by atomic mass is 79.9. The minimum absolute atomic E-state index is 0.0824. The van der Waals surface area contributed by atoms with Crippen LogP contribution in [0.5, 0.6) is 0 Å². The molecule has 4 nitrogen and oxygen atoms in total. The molecule has 1 aliphatic rings. The van der Waals surface area contributed by atoms with Crippen molar-refractivity contribution in [2.75, 3.05) is 26.2 Å². The first-order valence-corrected chi connectivity index (χ1v) is 7.95. The van der Waals surface area contributed by atoms with Gasteiger partial charge in [0.25, 0.3) is 0 Å². The first-order chi connectivity index (χ1) is 10.8. The van der Waals surface area contributed by atoms with Gasteiger partial charge < -0.3 is 9.80 Å². The van der Waals surface area contributed by atoms with Crippen LogP contribution in [0, 0.1) is 0 Å². The summed E-state index contributed by atoms with van der Waals surface area (Å²) >= 11 is 3.36. The second-order valence-electron chi connectivity index (χ2n) is 5.30. The molecule has 0 saturated carbocycles. The molecule has 0 radical (unpaired) electrons. The number of amides is 2. The Kier molecular flexibility index (Phi) is 5.67. The fourth-order valence-electron chi connectivity index (χ4n) is 2.44. The number of piperazine rings is 1. The van der Waals surface area contributed by atoms with Gasteiger partial charge in [0.15, 0.2) is 0 Å². The molecule has 0 spiro atoms. The first kappa shape index (κ1) is 17.8. The molecule has 0 atom stereocenters. The second-order valence-corrected chi connectivity index (χ2v) is 6.22. The monoisotopic (exact) mass is 392 g/mol.